The van der Waals surface area contributed by atoms with Gasteiger partial charge in [0.05, 0.1) is 17.8 Å². The number of aromatic nitrogens is 3. The van der Waals surface area contributed by atoms with Crippen molar-refractivity contribution in [3.63, 3.8) is 0 Å². The average Bonchev–Trinajstić information content (AvgIpc) is 2.73. The fraction of sp³-hybridized carbons (Fsp3) is 0.385. The highest BCUT2D eigenvalue weighted by molar-refractivity contribution is 5.30. The van der Waals surface area contributed by atoms with Crippen LogP contribution in [0.2, 0.25) is 0 Å². The van der Waals surface area contributed by atoms with Crippen molar-refractivity contribution in [2.75, 3.05) is 0 Å². The third-order valence-corrected chi connectivity index (χ3v) is 3.02. The second-order valence-corrected chi connectivity index (χ2v) is 4.28. The molecule has 2 unspecified atom stereocenters. The summed E-state index contributed by atoms with van der Waals surface area (Å²) in [7, 11) is 0. The van der Waals surface area contributed by atoms with E-state index in [0.29, 0.717) is 6.42 Å². The van der Waals surface area contributed by atoms with Gasteiger partial charge in [0.2, 0.25) is 0 Å². The Morgan fingerprint density at radius 2 is 2.00 bits per heavy atom. The SMILES string of the molecule is CCC(C(C)O)n1ncn(-c2ccccc2)c1=O. The summed E-state index contributed by atoms with van der Waals surface area (Å²) in [5.41, 5.74) is 0.545. The molecule has 0 amide bonds. The zero-order valence-corrected chi connectivity index (χ0v) is 10.5. The number of hydrogen-bond donors (Lipinski definition) is 1. The molecule has 2 atom stereocenters. The van der Waals surface area contributed by atoms with Crippen molar-refractivity contribution in [2.45, 2.75) is 32.4 Å². The van der Waals surface area contributed by atoms with Crippen molar-refractivity contribution >= 4 is 0 Å². The van der Waals surface area contributed by atoms with Gasteiger partial charge in [-0.25, -0.2) is 14.0 Å². The van der Waals surface area contributed by atoms with Gasteiger partial charge in [-0.2, -0.15) is 5.10 Å². The molecule has 96 valence electrons. The lowest BCUT2D eigenvalue weighted by molar-refractivity contribution is 0.118. The van der Waals surface area contributed by atoms with Crippen molar-refractivity contribution in [1.82, 2.24) is 14.3 Å². The molecule has 0 aliphatic rings. The molecule has 0 radical (unpaired) electrons. The minimum Gasteiger partial charge on any atom is -0.391 e. The maximum Gasteiger partial charge on any atom is 0.350 e. The fourth-order valence-corrected chi connectivity index (χ4v) is 2.03. The summed E-state index contributed by atoms with van der Waals surface area (Å²) < 4.78 is 2.82. The quantitative estimate of drug-likeness (QED) is 0.887. The normalized spacial score (nSPS) is 14.4. The summed E-state index contributed by atoms with van der Waals surface area (Å²) in [5, 5.41) is 13.8. The van der Waals surface area contributed by atoms with Gasteiger partial charge in [-0.3, -0.25) is 0 Å². The van der Waals surface area contributed by atoms with E-state index in [1.165, 1.54) is 15.6 Å². The van der Waals surface area contributed by atoms with E-state index in [0.717, 1.165) is 5.69 Å². The molecule has 5 heteroatoms. The number of benzene rings is 1. The lowest BCUT2D eigenvalue weighted by Gasteiger charge is -2.16. The van der Waals surface area contributed by atoms with E-state index in [1.54, 1.807) is 6.92 Å². The predicted octanol–water partition coefficient (Wildman–Crippen LogP) is 1.37. The van der Waals surface area contributed by atoms with E-state index in [1.807, 2.05) is 37.3 Å². The third-order valence-electron chi connectivity index (χ3n) is 3.02. The maximum atomic E-state index is 12.2. The lowest BCUT2D eigenvalue weighted by Crippen LogP contribution is -2.32. The zero-order chi connectivity index (χ0) is 13.1. The van der Waals surface area contributed by atoms with Gasteiger partial charge in [0.1, 0.15) is 6.33 Å². The molecule has 5 nitrogen and oxygen atoms in total. The molecule has 1 aromatic carbocycles. The Hall–Kier alpha value is -1.88. The molecule has 0 saturated heterocycles. The Morgan fingerprint density at radius 3 is 2.56 bits per heavy atom. The van der Waals surface area contributed by atoms with Gasteiger partial charge < -0.3 is 5.11 Å². The van der Waals surface area contributed by atoms with Gasteiger partial charge in [-0.05, 0) is 25.5 Å². The number of aliphatic hydroxyl groups is 1. The molecule has 0 fully saturated rings. The first-order valence-corrected chi connectivity index (χ1v) is 6.04. The predicted molar refractivity (Wildman–Crippen MR) is 68.8 cm³/mol. The smallest absolute Gasteiger partial charge is 0.350 e. The molecular weight excluding hydrogens is 230 g/mol. The molecule has 0 aliphatic carbocycles. The Bertz CT molecular complexity index is 557. The van der Waals surface area contributed by atoms with Crippen molar-refractivity contribution in [3.8, 4) is 5.69 Å². The zero-order valence-electron chi connectivity index (χ0n) is 10.5. The Labute approximate surface area is 105 Å². The van der Waals surface area contributed by atoms with Crippen LogP contribution in [0, 0.1) is 0 Å². The van der Waals surface area contributed by atoms with Crippen LogP contribution in [0.3, 0.4) is 0 Å². The van der Waals surface area contributed by atoms with E-state index in [9.17, 15) is 9.90 Å². The van der Waals surface area contributed by atoms with Crippen LogP contribution < -0.4 is 5.69 Å². The van der Waals surface area contributed by atoms with Crippen molar-refractivity contribution in [3.05, 3.63) is 47.1 Å². The van der Waals surface area contributed by atoms with Crippen molar-refractivity contribution in [2.24, 2.45) is 0 Å². The van der Waals surface area contributed by atoms with Crippen LogP contribution in [0.15, 0.2) is 41.5 Å². The standard InChI is InChI=1S/C13H17N3O2/c1-3-12(10(2)17)16-13(18)15(9-14-16)11-7-5-4-6-8-11/h4-10,12,17H,3H2,1-2H3. The Morgan fingerprint density at radius 1 is 1.33 bits per heavy atom. The second-order valence-electron chi connectivity index (χ2n) is 4.28. The molecule has 1 aromatic heterocycles. The van der Waals surface area contributed by atoms with Gasteiger partial charge in [-0.15, -0.1) is 0 Å². The lowest BCUT2D eigenvalue weighted by atomic mass is 10.1. The van der Waals surface area contributed by atoms with Crippen LogP contribution in [-0.2, 0) is 0 Å². The van der Waals surface area contributed by atoms with E-state index in [4.69, 9.17) is 0 Å². The molecular formula is C13H17N3O2. The first-order chi connectivity index (χ1) is 8.65. The third kappa shape index (κ3) is 2.22. The highest BCUT2D eigenvalue weighted by atomic mass is 16.3. The summed E-state index contributed by atoms with van der Waals surface area (Å²) in [6, 6.07) is 9.02. The number of aliphatic hydroxyl groups excluding tert-OH is 1. The molecule has 1 N–H and O–H groups in total. The summed E-state index contributed by atoms with van der Waals surface area (Å²) >= 11 is 0. The van der Waals surface area contributed by atoms with Crippen LogP contribution in [0.5, 0.6) is 0 Å². The topological polar surface area (TPSA) is 60.0 Å². The van der Waals surface area contributed by atoms with Crippen molar-refractivity contribution in [1.29, 1.82) is 0 Å². The molecule has 0 bridgehead atoms. The minimum absolute atomic E-state index is 0.228. The van der Waals surface area contributed by atoms with Crippen LogP contribution in [0.4, 0.5) is 0 Å². The van der Waals surface area contributed by atoms with Crippen LogP contribution in [-0.4, -0.2) is 25.6 Å². The van der Waals surface area contributed by atoms with Crippen LogP contribution >= 0.6 is 0 Å². The minimum atomic E-state index is -0.605. The number of rotatable bonds is 4. The Balaban J connectivity index is 2.44. The summed E-state index contributed by atoms with van der Waals surface area (Å²) in [6.07, 6.45) is 1.54. The van der Waals surface area contributed by atoms with E-state index >= 15 is 0 Å². The van der Waals surface area contributed by atoms with Crippen LogP contribution in [0.25, 0.3) is 5.69 Å². The highest BCUT2D eigenvalue weighted by Gasteiger charge is 2.19. The van der Waals surface area contributed by atoms with E-state index < -0.39 is 6.10 Å². The molecule has 2 rings (SSSR count). The van der Waals surface area contributed by atoms with E-state index in [-0.39, 0.29) is 11.7 Å². The molecule has 0 spiro atoms. The molecule has 18 heavy (non-hydrogen) atoms. The van der Waals surface area contributed by atoms with Gasteiger partial charge >= 0.3 is 5.69 Å². The summed E-state index contributed by atoms with van der Waals surface area (Å²) in [6.45, 7) is 3.59. The second kappa shape index (κ2) is 5.18. The van der Waals surface area contributed by atoms with Gasteiger partial charge in [0.15, 0.2) is 0 Å². The fourth-order valence-electron chi connectivity index (χ4n) is 2.03. The molecule has 0 aliphatic heterocycles. The highest BCUT2D eigenvalue weighted by Crippen LogP contribution is 2.13. The maximum absolute atomic E-state index is 12.2. The number of para-hydroxylation sites is 1. The monoisotopic (exact) mass is 247 g/mol. The largest absolute Gasteiger partial charge is 0.391 e. The number of nitrogens with zero attached hydrogens (tertiary/aromatic N) is 3. The summed E-state index contributed by atoms with van der Waals surface area (Å²) in [5.74, 6) is 0. The van der Waals surface area contributed by atoms with Gasteiger partial charge in [0, 0.05) is 0 Å². The summed E-state index contributed by atoms with van der Waals surface area (Å²) in [4.78, 5) is 12.2. The molecule has 2 aromatic rings. The average molecular weight is 247 g/mol. The first kappa shape index (κ1) is 12.6. The molecule has 1 heterocycles. The van der Waals surface area contributed by atoms with E-state index in [2.05, 4.69) is 5.10 Å². The van der Waals surface area contributed by atoms with Crippen molar-refractivity contribution < 1.29 is 5.11 Å². The first-order valence-electron chi connectivity index (χ1n) is 6.04. The Kier molecular flexibility index (Phi) is 3.62. The number of hydrogen-bond acceptors (Lipinski definition) is 3. The molecule has 0 saturated carbocycles. The van der Waals surface area contributed by atoms with Gasteiger partial charge in [0.25, 0.3) is 0 Å². The van der Waals surface area contributed by atoms with Crippen LogP contribution in [0.1, 0.15) is 26.3 Å². The van der Waals surface area contributed by atoms with Gasteiger partial charge in [-0.1, -0.05) is 25.1 Å².